The molecule has 6 N–H and O–H groups in total. The zero-order chi connectivity index (χ0) is 13.7. The first kappa shape index (κ1) is 13.9. The molecule has 0 aliphatic heterocycles. The predicted octanol–water partition coefficient (Wildman–Crippen LogP) is -0.826. The molecule has 2 amide bonds. The zero-order valence-electron chi connectivity index (χ0n) is 9.25. The Labute approximate surface area is 106 Å². The Morgan fingerprint density at radius 2 is 2.17 bits per heavy atom. The smallest absolute Gasteiger partial charge is 0.326 e. The topological polar surface area (TPSA) is 148 Å². The Morgan fingerprint density at radius 1 is 1.50 bits per heavy atom. The fraction of sp³-hybridized carbons (Fsp3) is 0.333. The Balaban J connectivity index is 2.63. The number of carbonyl (C=O) groups is 3. The first-order valence-corrected chi connectivity index (χ1v) is 5.81. The molecule has 1 heterocycles. The molecule has 1 atom stereocenters. The number of hydrogen-bond acceptors (Lipinski definition) is 6. The number of primary amides is 1. The molecule has 0 unspecified atom stereocenters. The third-order valence-electron chi connectivity index (χ3n) is 2.04. The second-order valence-corrected chi connectivity index (χ2v) is 4.33. The van der Waals surface area contributed by atoms with Crippen molar-refractivity contribution in [3.05, 3.63) is 11.1 Å². The number of hydrogen-bond donors (Lipinski definition) is 4. The lowest BCUT2D eigenvalue weighted by Gasteiger charge is -2.12. The van der Waals surface area contributed by atoms with Crippen LogP contribution < -0.4 is 16.8 Å². The van der Waals surface area contributed by atoms with E-state index >= 15 is 0 Å². The van der Waals surface area contributed by atoms with E-state index in [0.29, 0.717) is 0 Å². The van der Waals surface area contributed by atoms with Crippen molar-refractivity contribution < 1.29 is 19.5 Å². The number of anilines is 1. The van der Waals surface area contributed by atoms with Crippen LogP contribution in [0.15, 0.2) is 5.38 Å². The Morgan fingerprint density at radius 3 is 2.61 bits per heavy atom. The van der Waals surface area contributed by atoms with Crippen LogP contribution in [0, 0.1) is 0 Å². The van der Waals surface area contributed by atoms with Gasteiger partial charge >= 0.3 is 5.97 Å². The quantitative estimate of drug-likeness (QED) is 0.531. The van der Waals surface area contributed by atoms with Crippen molar-refractivity contribution in [1.82, 2.24) is 10.3 Å². The van der Waals surface area contributed by atoms with Crippen molar-refractivity contribution in [1.29, 1.82) is 0 Å². The molecule has 0 saturated carbocycles. The van der Waals surface area contributed by atoms with Crippen LogP contribution in [0.5, 0.6) is 0 Å². The molecule has 98 valence electrons. The lowest BCUT2D eigenvalue weighted by molar-refractivity contribution is -0.139. The maximum absolute atomic E-state index is 11.6. The first-order valence-electron chi connectivity index (χ1n) is 4.93. The highest BCUT2D eigenvalue weighted by atomic mass is 32.1. The number of aliphatic carboxylic acids is 1. The maximum Gasteiger partial charge on any atom is 0.326 e. The number of carboxylic acids is 1. The van der Waals surface area contributed by atoms with Gasteiger partial charge in [0.2, 0.25) is 5.91 Å². The summed E-state index contributed by atoms with van der Waals surface area (Å²) in [7, 11) is 0. The van der Waals surface area contributed by atoms with E-state index in [1.54, 1.807) is 0 Å². The number of carboxylic acid groups (broad SMARTS) is 1. The Kier molecular flexibility index (Phi) is 4.60. The van der Waals surface area contributed by atoms with Crippen molar-refractivity contribution in [2.45, 2.75) is 18.9 Å². The molecular weight excluding hydrogens is 260 g/mol. The molecule has 0 saturated heterocycles. The van der Waals surface area contributed by atoms with E-state index < -0.39 is 23.8 Å². The summed E-state index contributed by atoms with van der Waals surface area (Å²) >= 11 is 1.07. The minimum atomic E-state index is -1.24. The van der Waals surface area contributed by atoms with E-state index in [1.165, 1.54) is 5.38 Å². The van der Waals surface area contributed by atoms with E-state index in [2.05, 4.69) is 10.3 Å². The van der Waals surface area contributed by atoms with E-state index in [1.807, 2.05) is 0 Å². The Bertz CT molecular complexity index is 473. The molecule has 1 aromatic rings. The normalized spacial score (nSPS) is 11.8. The third kappa shape index (κ3) is 4.01. The first-order chi connectivity index (χ1) is 8.40. The van der Waals surface area contributed by atoms with Gasteiger partial charge in [0.25, 0.3) is 5.91 Å². The van der Waals surface area contributed by atoms with Crippen LogP contribution in [0.1, 0.15) is 23.3 Å². The van der Waals surface area contributed by atoms with Gasteiger partial charge in [-0.2, -0.15) is 0 Å². The molecule has 0 aromatic carbocycles. The lowest BCUT2D eigenvalue weighted by Crippen LogP contribution is -2.41. The van der Waals surface area contributed by atoms with Gasteiger partial charge in [0.1, 0.15) is 11.7 Å². The molecule has 0 fully saturated rings. The van der Waals surface area contributed by atoms with Gasteiger partial charge in [0.15, 0.2) is 5.13 Å². The number of aromatic nitrogens is 1. The van der Waals surface area contributed by atoms with Crippen molar-refractivity contribution in [3.8, 4) is 0 Å². The van der Waals surface area contributed by atoms with Crippen LogP contribution in [-0.4, -0.2) is 33.9 Å². The minimum Gasteiger partial charge on any atom is -0.480 e. The maximum atomic E-state index is 11.6. The largest absolute Gasteiger partial charge is 0.480 e. The van der Waals surface area contributed by atoms with Gasteiger partial charge in [-0.1, -0.05) is 0 Å². The van der Waals surface area contributed by atoms with Crippen molar-refractivity contribution >= 4 is 34.3 Å². The summed E-state index contributed by atoms with van der Waals surface area (Å²) in [4.78, 5) is 36.8. The number of nitrogens with one attached hydrogen (secondary N) is 1. The SMILES string of the molecule is NC(=O)CC[C@H](NC(=O)c1csc(N)n1)C(=O)O. The third-order valence-corrected chi connectivity index (χ3v) is 2.71. The molecule has 0 aliphatic carbocycles. The molecule has 9 heteroatoms. The monoisotopic (exact) mass is 272 g/mol. The molecular formula is C9H12N4O4S. The summed E-state index contributed by atoms with van der Waals surface area (Å²) in [6, 6.07) is -1.19. The minimum absolute atomic E-state index is 0.0443. The average Bonchev–Trinajstić information content (AvgIpc) is 2.70. The second-order valence-electron chi connectivity index (χ2n) is 3.44. The fourth-order valence-corrected chi connectivity index (χ4v) is 1.71. The summed E-state index contributed by atoms with van der Waals surface area (Å²) < 4.78 is 0. The second kappa shape index (κ2) is 5.96. The molecule has 8 nitrogen and oxygen atoms in total. The van der Waals surface area contributed by atoms with Crippen molar-refractivity contribution in [2.75, 3.05) is 5.73 Å². The standard InChI is InChI=1S/C9H12N4O4S/c10-6(14)2-1-4(8(16)17)12-7(15)5-3-18-9(11)13-5/h3-4H,1-2H2,(H2,10,14)(H2,11,13)(H,12,15)(H,16,17)/t4-/m0/s1. The average molecular weight is 272 g/mol. The number of rotatable bonds is 6. The van der Waals surface area contributed by atoms with Crippen LogP contribution in [-0.2, 0) is 9.59 Å². The van der Waals surface area contributed by atoms with E-state index in [4.69, 9.17) is 16.6 Å². The van der Waals surface area contributed by atoms with Gasteiger partial charge in [-0.15, -0.1) is 11.3 Å². The van der Waals surface area contributed by atoms with E-state index in [9.17, 15) is 14.4 Å². The molecule has 0 aliphatic rings. The lowest BCUT2D eigenvalue weighted by atomic mass is 10.1. The van der Waals surface area contributed by atoms with E-state index in [-0.39, 0.29) is 23.7 Å². The molecule has 1 rings (SSSR count). The van der Waals surface area contributed by atoms with Gasteiger partial charge in [0, 0.05) is 11.8 Å². The van der Waals surface area contributed by atoms with Gasteiger partial charge in [-0.05, 0) is 6.42 Å². The molecule has 0 bridgehead atoms. The Hall–Kier alpha value is -2.16. The number of thiazole rings is 1. The highest BCUT2D eigenvalue weighted by molar-refractivity contribution is 7.13. The molecule has 18 heavy (non-hydrogen) atoms. The molecule has 0 spiro atoms. The summed E-state index contributed by atoms with van der Waals surface area (Å²) in [6.45, 7) is 0. The van der Waals surface area contributed by atoms with Crippen LogP contribution in [0.3, 0.4) is 0 Å². The summed E-state index contributed by atoms with van der Waals surface area (Å²) in [5, 5.41) is 12.7. The van der Waals surface area contributed by atoms with Crippen molar-refractivity contribution in [2.24, 2.45) is 5.73 Å². The van der Waals surface area contributed by atoms with Gasteiger partial charge < -0.3 is 21.9 Å². The highest BCUT2D eigenvalue weighted by Crippen LogP contribution is 2.11. The van der Waals surface area contributed by atoms with Crippen LogP contribution in [0.25, 0.3) is 0 Å². The number of carbonyl (C=O) groups excluding carboxylic acids is 2. The number of amides is 2. The van der Waals surface area contributed by atoms with Crippen molar-refractivity contribution in [3.63, 3.8) is 0 Å². The molecule has 0 radical (unpaired) electrons. The number of nitrogens with zero attached hydrogens (tertiary/aromatic N) is 1. The molecule has 1 aromatic heterocycles. The summed E-state index contributed by atoms with van der Waals surface area (Å²) in [5.41, 5.74) is 10.3. The van der Waals surface area contributed by atoms with E-state index in [0.717, 1.165) is 11.3 Å². The zero-order valence-corrected chi connectivity index (χ0v) is 10.1. The van der Waals surface area contributed by atoms with Crippen LogP contribution in [0.2, 0.25) is 0 Å². The van der Waals surface area contributed by atoms with Crippen LogP contribution >= 0.6 is 11.3 Å². The highest BCUT2D eigenvalue weighted by Gasteiger charge is 2.22. The predicted molar refractivity (Wildman–Crippen MR) is 63.8 cm³/mol. The summed E-state index contributed by atoms with van der Waals surface area (Å²) in [6.07, 6.45) is -0.202. The van der Waals surface area contributed by atoms with Crippen LogP contribution in [0.4, 0.5) is 5.13 Å². The summed E-state index contributed by atoms with van der Waals surface area (Å²) in [5.74, 6) is -2.53. The van der Waals surface area contributed by atoms with Gasteiger partial charge in [-0.3, -0.25) is 9.59 Å². The van der Waals surface area contributed by atoms with Gasteiger partial charge in [-0.25, -0.2) is 9.78 Å². The van der Waals surface area contributed by atoms with Gasteiger partial charge in [0.05, 0.1) is 0 Å². The number of nitrogen functional groups attached to an aromatic ring is 1. The number of nitrogens with two attached hydrogens (primary N) is 2. The fourth-order valence-electron chi connectivity index (χ4n) is 1.17.